The molecule has 1 amide bonds. The van der Waals surface area contributed by atoms with Gasteiger partial charge in [0.05, 0.1) is 0 Å². The molecule has 0 spiro atoms. The average molecular weight is 227 g/mol. The van der Waals surface area contributed by atoms with Crippen LogP contribution in [0.5, 0.6) is 0 Å². The van der Waals surface area contributed by atoms with E-state index < -0.39 is 11.5 Å². The Morgan fingerprint density at radius 1 is 1.19 bits per heavy atom. The molecule has 0 saturated heterocycles. The molecule has 1 aliphatic rings. The lowest BCUT2D eigenvalue weighted by molar-refractivity contribution is -0.148. The SMILES string of the molecule is CCCC(=O)NC1(C(=O)O)CCCCCC1. The lowest BCUT2D eigenvalue weighted by atomic mass is 9.90. The Balaban J connectivity index is 2.70. The first-order chi connectivity index (χ1) is 7.60. The summed E-state index contributed by atoms with van der Waals surface area (Å²) in [5.74, 6) is -1.01. The lowest BCUT2D eigenvalue weighted by Gasteiger charge is -2.29. The summed E-state index contributed by atoms with van der Waals surface area (Å²) in [5, 5.41) is 12.1. The van der Waals surface area contributed by atoms with Gasteiger partial charge in [-0.15, -0.1) is 0 Å². The number of amides is 1. The molecule has 4 nitrogen and oxygen atoms in total. The highest BCUT2D eigenvalue weighted by Gasteiger charge is 2.39. The summed E-state index contributed by atoms with van der Waals surface area (Å²) in [5.41, 5.74) is -0.997. The quantitative estimate of drug-likeness (QED) is 0.723. The molecule has 1 rings (SSSR count). The molecule has 0 radical (unpaired) electrons. The first kappa shape index (κ1) is 13.0. The highest BCUT2D eigenvalue weighted by molar-refractivity contribution is 5.87. The van der Waals surface area contributed by atoms with Gasteiger partial charge in [-0.25, -0.2) is 4.79 Å². The summed E-state index contributed by atoms with van der Waals surface area (Å²) in [7, 11) is 0. The molecule has 0 unspecified atom stereocenters. The summed E-state index contributed by atoms with van der Waals surface area (Å²) in [4.78, 5) is 22.9. The van der Waals surface area contributed by atoms with Gasteiger partial charge in [0, 0.05) is 6.42 Å². The molecule has 92 valence electrons. The van der Waals surface area contributed by atoms with Crippen LogP contribution in [-0.2, 0) is 9.59 Å². The van der Waals surface area contributed by atoms with Crippen molar-refractivity contribution in [1.82, 2.24) is 5.32 Å². The van der Waals surface area contributed by atoms with Gasteiger partial charge in [-0.1, -0.05) is 32.6 Å². The minimum Gasteiger partial charge on any atom is -0.480 e. The van der Waals surface area contributed by atoms with Crippen molar-refractivity contribution in [2.45, 2.75) is 63.8 Å². The van der Waals surface area contributed by atoms with Crippen LogP contribution in [0.25, 0.3) is 0 Å². The predicted molar refractivity (Wildman–Crippen MR) is 61.1 cm³/mol. The fourth-order valence-electron chi connectivity index (χ4n) is 2.28. The zero-order chi connectivity index (χ0) is 12.0. The number of rotatable bonds is 4. The minimum absolute atomic E-state index is 0.133. The number of hydrogen-bond donors (Lipinski definition) is 2. The van der Waals surface area contributed by atoms with Crippen LogP contribution in [0.15, 0.2) is 0 Å². The molecule has 0 aliphatic heterocycles. The molecular formula is C12H21NO3. The summed E-state index contributed by atoms with van der Waals surface area (Å²) in [6, 6.07) is 0. The maximum atomic E-state index is 11.6. The minimum atomic E-state index is -0.997. The van der Waals surface area contributed by atoms with Crippen LogP contribution >= 0.6 is 0 Å². The van der Waals surface area contributed by atoms with Crippen LogP contribution < -0.4 is 5.32 Å². The number of carbonyl (C=O) groups excluding carboxylic acids is 1. The van der Waals surface area contributed by atoms with E-state index in [9.17, 15) is 14.7 Å². The number of carboxylic acid groups (broad SMARTS) is 1. The van der Waals surface area contributed by atoms with Gasteiger partial charge in [0.1, 0.15) is 5.54 Å². The molecule has 1 fully saturated rings. The van der Waals surface area contributed by atoms with E-state index in [0.717, 1.165) is 32.1 Å². The molecular weight excluding hydrogens is 206 g/mol. The van der Waals surface area contributed by atoms with Crippen molar-refractivity contribution < 1.29 is 14.7 Å². The monoisotopic (exact) mass is 227 g/mol. The van der Waals surface area contributed by atoms with Crippen molar-refractivity contribution in [3.8, 4) is 0 Å². The van der Waals surface area contributed by atoms with Gasteiger partial charge in [0.15, 0.2) is 0 Å². The van der Waals surface area contributed by atoms with E-state index in [0.29, 0.717) is 19.3 Å². The third kappa shape index (κ3) is 3.22. The predicted octanol–water partition coefficient (Wildman–Crippen LogP) is 2.08. The highest BCUT2D eigenvalue weighted by Crippen LogP contribution is 2.27. The molecule has 1 aliphatic carbocycles. The van der Waals surface area contributed by atoms with Gasteiger partial charge < -0.3 is 10.4 Å². The van der Waals surface area contributed by atoms with Crippen LogP contribution in [0.4, 0.5) is 0 Å². The van der Waals surface area contributed by atoms with Crippen LogP contribution in [0.3, 0.4) is 0 Å². The zero-order valence-electron chi connectivity index (χ0n) is 9.92. The van der Waals surface area contributed by atoms with Crippen molar-refractivity contribution >= 4 is 11.9 Å². The van der Waals surface area contributed by atoms with Crippen LogP contribution in [-0.4, -0.2) is 22.5 Å². The lowest BCUT2D eigenvalue weighted by Crippen LogP contribution is -2.54. The van der Waals surface area contributed by atoms with Crippen LogP contribution in [0.1, 0.15) is 58.3 Å². The van der Waals surface area contributed by atoms with E-state index in [-0.39, 0.29) is 5.91 Å². The van der Waals surface area contributed by atoms with Gasteiger partial charge in [-0.2, -0.15) is 0 Å². The fraction of sp³-hybridized carbons (Fsp3) is 0.833. The van der Waals surface area contributed by atoms with E-state index in [4.69, 9.17) is 0 Å². The Morgan fingerprint density at radius 3 is 2.19 bits per heavy atom. The zero-order valence-corrected chi connectivity index (χ0v) is 9.92. The van der Waals surface area contributed by atoms with Crippen molar-refractivity contribution in [1.29, 1.82) is 0 Å². The Morgan fingerprint density at radius 2 is 1.75 bits per heavy atom. The Hall–Kier alpha value is -1.06. The normalized spacial score (nSPS) is 19.8. The second kappa shape index (κ2) is 5.87. The van der Waals surface area contributed by atoms with Crippen molar-refractivity contribution in [2.75, 3.05) is 0 Å². The van der Waals surface area contributed by atoms with Gasteiger partial charge in [-0.05, 0) is 19.3 Å². The summed E-state index contributed by atoms with van der Waals surface area (Å²) >= 11 is 0. The van der Waals surface area contributed by atoms with Gasteiger partial charge >= 0.3 is 5.97 Å². The van der Waals surface area contributed by atoms with Gasteiger partial charge in [0.2, 0.25) is 5.91 Å². The topological polar surface area (TPSA) is 66.4 Å². The summed E-state index contributed by atoms with van der Waals surface area (Å²) in [6.07, 6.45) is 6.21. The second-order valence-electron chi connectivity index (χ2n) is 4.60. The molecule has 2 N–H and O–H groups in total. The smallest absolute Gasteiger partial charge is 0.329 e. The molecule has 0 aromatic carbocycles. The molecule has 0 heterocycles. The number of hydrogen-bond acceptors (Lipinski definition) is 2. The van der Waals surface area contributed by atoms with Crippen molar-refractivity contribution in [2.24, 2.45) is 0 Å². The van der Waals surface area contributed by atoms with Gasteiger partial charge in [-0.3, -0.25) is 4.79 Å². The molecule has 0 aromatic rings. The van der Waals surface area contributed by atoms with Crippen LogP contribution in [0.2, 0.25) is 0 Å². The molecule has 4 heteroatoms. The van der Waals surface area contributed by atoms with E-state index in [1.54, 1.807) is 0 Å². The van der Waals surface area contributed by atoms with Crippen molar-refractivity contribution in [3.05, 3.63) is 0 Å². The average Bonchev–Trinajstić information content (AvgIpc) is 2.44. The van der Waals surface area contributed by atoms with E-state index in [1.807, 2.05) is 6.92 Å². The van der Waals surface area contributed by atoms with Gasteiger partial charge in [0.25, 0.3) is 0 Å². The maximum absolute atomic E-state index is 11.6. The number of carboxylic acids is 1. The summed E-state index contributed by atoms with van der Waals surface area (Å²) in [6.45, 7) is 1.92. The molecule has 0 aromatic heterocycles. The van der Waals surface area contributed by atoms with E-state index in [2.05, 4.69) is 5.32 Å². The first-order valence-electron chi connectivity index (χ1n) is 6.15. The second-order valence-corrected chi connectivity index (χ2v) is 4.60. The number of carbonyl (C=O) groups is 2. The highest BCUT2D eigenvalue weighted by atomic mass is 16.4. The standard InChI is InChI=1S/C12H21NO3/c1-2-7-10(14)13-12(11(15)16)8-5-3-4-6-9-12/h2-9H2,1H3,(H,13,14)(H,15,16). The first-order valence-corrected chi connectivity index (χ1v) is 6.15. The van der Waals surface area contributed by atoms with E-state index in [1.165, 1.54) is 0 Å². The van der Waals surface area contributed by atoms with Crippen molar-refractivity contribution in [3.63, 3.8) is 0 Å². The summed E-state index contributed by atoms with van der Waals surface area (Å²) < 4.78 is 0. The third-order valence-corrected chi connectivity index (χ3v) is 3.22. The Bertz CT molecular complexity index is 255. The fourth-order valence-corrected chi connectivity index (χ4v) is 2.28. The van der Waals surface area contributed by atoms with E-state index >= 15 is 0 Å². The molecule has 1 saturated carbocycles. The van der Waals surface area contributed by atoms with Crippen LogP contribution in [0, 0.1) is 0 Å². The molecule has 0 atom stereocenters. The largest absolute Gasteiger partial charge is 0.480 e. The third-order valence-electron chi connectivity index (χ3n) is 3.22. The molecule has 0 bridgehead atoms. The number of aliphatic carboxylic acids is 1. The molecule has 16 heavy (non-hydrogen) atoms. The maximum Gasteiger partial charge on any atom is 0.329 e. The number of nitrogens with one attached hydrogen (secondary N) is 1. The Kier molecular flexibility index (Phi) is 4.77. The Labute approximate surface area is 96.4 Å².